The fraction of sp³-hybridized carbons (Fsp3) is 0.296. The number of hydrazone groups is 1. The molecule has 3 rings (SSSR count). The van der Waals surface area contributed by atoms with E-state index in [1.807, 2.05) is 79.4 Å². The highest BCUT2D eigenvalue weighted by Crippen LogP contribution is 2.17. The Morgan fingerprint density at radius 1 is 1.12 bits per heavy atom. The minimum absolute atomic E-state index is 0.0216. The molecule has 2 aromatic carbocycles. The topological polar surface area (TPSA) is 75.5 Å². The summed E-state index contributed by atoms with van der Waals surface area (Å²) in [5.41, 5.74) is 7.27. The number of hydrogen-bond acceptors (Lipinski definition) is 6. The van der Waals surface area contributed by atoms with Crippen molar-refractivity contribution in [3.8, 4) is 5.75 Å². The smallest absolute Gasteiger partial charge is 0.254 e. The number of ether oxygens (including phenoxy) is 2. The largest absolute Gasteiger partial charge is 0.494 e. The van der Waals surface area contributed by atoms with Gasteiger partial charge in [-0.1, -0.05) is 30.3 Å². The summed E-state index contributed by atoms with van der Waals surface area (Å²) in [5, 5.41) is 4.40. The van der Waals surface area contributed by atoms with E-state index in [0.29, 0.717) is 38.5 Å². The van der Waals surface area contributed by atoms with Crippen LogP contribution in [0.15, 0.2) is 77.0 Å². The van der Waals surface area contributed by atoms with Gasteiger partial charge in [-0.05, 0) is 55.3 Å². The average Bonchev–Trinajstić information content (AvgIpc) is 2.88. The van der Waals surface area contributed by atoms with Gasteiger partial charge in [-0.15, -0.1) is 0 Å². The number of amides is 1. The molecule has 178 valence electrons. The van der Waals surface area contributed by atoms with Crippen LogP contribution in [-0.2, 0) is 4.74 Å². The Kier molecular flexibility index (Phi) is 9.61. The number of morpholine rings is 1. The van der Waals surface area contributed by atoms with E-state index in [-0.39, 0.29) is 5.91 Å². The van der Waals surface area contributed by atoms with Crippen molar-refractivity contribution in [2.75, 3.05) is 40.0 Å². The Hall–Kier alpha value is -3.71. The first-order valence-electron chi connectivity index (χ1n) is 11.4. The third-order valence-electron chi connectivity index (χ3n) is 5.25. The highest BCUT2D eigenvalue weighted by molar-refractivity contribution is 6.11. The molecule has 0 atom stereocenters. The van der Waals surface area contributed by atoms with Crippen LogP contribution in [0.4, 0.5) is 0 Å². The standard InChI is InChI=1S/C27H32N4O3/c1-4-34-26-12-6-8-22(19-26)21(2)30-29-13-7-11-25(20-28-3)23-9-5-10-24(18-23)27(32)31-14-16-33-17-15-31/h5-13,18-20,29H,4,14-17H2,1-3H3/b13-7+,25-11+,28-20?,30-21+. The molecular formula is C27H32N4O3. The molecule has 1 saturated heterocycles. The summed E-state index contributed by atoms with van der Waals surface area (Å²) < 4.78 is 10.9. The summed E-state index contributed by atoms with van der Waals surface area (Å²) in [6.07, 6.45) is 7.32. The van der Waals surface area contributed by atoms with E-state index in [1.165, 1.54) is 0 Å². The molecule has 7 nitrogen and oxygen atoms in total. The fourth-order valence-electron chi connectivity index (χ4n) is 3.50. The Labute approximate surface area is 201 Å². The van der Waals surface area contributed by atoms with Gasteiger partial charge in [-0.3, -0.25) is 15.2 Å². The van der Waals surface area contributed by atoms with Crippen molar-refractivity contribution < 1.29 is 14.3 Å². The molecule has 7 heteroatoms. The molecule has 0 saturated carbocycles. The molecule has 1 fully saturated rings. The highest BCUT2D eigenvalue weighted by atomic mass is 16.5. The van der Waals surface area contributed by atoms with Crippen LogP contribution < -0.4 is 10.2 Å². The monoisotopic (exact) mass is 460 g/mol. The first kappa shape index (κ1) is 24.9. The van der Waals surface area contributed by atoms with Crippen LogP contribution in [0.1, 0.15) is 35.3 Å². The van der Waals surface area contributed by atoms with Gasteiger partial charge in [0, 0.05) is 43.7 Å². The maximum atomic E-state index is 12.8. The predicted molar refractivity (Wildman–Crippen MR) is 138 cm³/mol. The SMILES string of the molecule is CCOc1cccc(/C(C)=N/N/C=C/C=C(\C=NC)c2cccc(C(=O)N3CCOCC3)c2)c1. The lowest BCUT2D eigenvalue weighted by atomic mass is 10.0. The molecule has 1 aliphatic rings. The van der Waals surface area contributed by atoms with Gasteiger partial charge in [0.1, 0.15) is 5.75 Å². The van der Waals surface area contributed by atoms with Gasteiger partial charge < -0.3 is 14.4 Å². The van der Waals surface area contributed by atoms with Gasteiger partial charge >= 0.3 is 0 Å². The number of carbonyl (C=O) groups excluding carboxylic acids is 1. The van der Waals surface area contributed by atoms with Crippen molar-refractivity contribution in [1.82, 2.24) is 10.3 Å². The average molecular weight is 461 g/mol. The van der Waals surface area contributed by atoms with E-state index in [9.17, 15) is 4.79 Å². The maximum absolute atomic E-state index is 12.8. The van der Waals surface area contributed by atoms with Gasteiger partial charge in [-0.25, -0.2) is 0 Å². The third kappa shape index (κ3) is 7.15. The van der Waals surface area contributed by atoms with Gasteiger partial charge in [-0.2, -0.15) is 5.10 Å². The summed E-state index contributed by atoms with van der Waals surface area (Å²) in [4.78, 5) is 18.8. The summed E-state index contributed by atoms with van der Waals surface area (Å²) in [6.45, 7) is 6.92. The normalized spacial score (nSPS) is 15.2. The highest BCUT2D eigenvalue weighted by Gasteiger charge is 2.18. The van der Waals surface area contributed by atoms with E-state index in [2.05, 4.69) is 15.5 Å². The number of rotatable bonds is 9. The van der Waals surface area contributed by atoms with Gasteiger partial charge in [0.25, 0.3) is 5.91 Å². The zero-order chi connectivity index (χ0) is 24.2. The van der Waals surface area contributed by atoms with Crippen LogP contribution in [-0.4, -0.2) is 62.7 Å². The lowest BCUT2D eigenvalue weighted by Gasteiger charge is -2.27. The van der Waals surface area contributed by atoms with Crippen molar-refractivity contribution in [2.45, 2.75) is 13.8 Å². The summed E-state index contributed by atoms with van der Waals surface area (Å²) >= 11 is 0. The summed E-state index contributed by atoms with van der Waals surface area (Å²) in [7, 11) is 1.72. The number of benzene rings is 2. The third-order valence-corrected chi connectivity index (χ3v) is 5.25. The summed E-state index contributed by atoms with van der Waals surface area (Å²) in [6, 6.07) is 15.5. The van der Waals surface area contributed by atoms with Crippen LogP contribution in [0.5, 0.6) is 5.75 Å². The number of aliphatic imine (C=N–C) groups is 1. The van der Waals surface area contributed by atoms with Crippen molar-refractivity contribution in [1.29, 1.82) is 0 Å². The number of nitrogens with one attached hydrogen (secondary N) is 1. The van der Waals surface area contributed by atoms with Crippen LogP contribution in [0.3, 0.4) is 0 Å². The molecule has 0 aliphatic carbocycles. The molecule has 0 spiro atoms. The lowest BCUT2D eigenvalue weighted by Crippen LogP contribution is -2.40. The van der Waals surface area contributed by atoms with E-state index in [1.54, 1.807) is 19.5 Å². The minimum atomic E-state index is 0.0216. The molecule has 1 amide bonds. The second kappa shape index (κ2) is 13.1. The van der Waals surface area contributed by atoms with Crippen LogP contribution >= 0.6 is 0 Å². The van der Waals surface area contributed by atoms with E-state index in [0.717, 1.165) is 28.2 Å². The van der Waals surface area contributed by atoms with E-state index in [4.69, 9.17) is 9.47 Å². The van der Waals surface area contributed by atoms with Gasteiger partial charge in [0.2, 0.25) is 0 Å². The van der Waals surface area contributed by atoms with Crippen molar-refractivity contribution in [3.63, 3.8) is 0 Å². The first-order valence-corrected chi connectivity index (χ1v) is 11.4. The number of nitrogens with zero attached hydrogens (tertiary/aromatic N) is 3. The fourth-order valence-corrected chi connectivity index (χ4v) is 3.50. The van der Waals surface area contributed by atoms with Gasteiger partial charge in [0.05, 0.1) is 25.5 Å². The quantitative estimate of drug-likeness (QED) is 0.346. The molecule has 0 radical (unpaired) electrons. The van der Waals surface area contributed by atoms with Gasteiger partial charge in [0.15, 0.2) is 0 Å². The summed E-state index contributed by atoms with van der Waals surface area (Å²) in [5.74, 6) is 0.846. The molecular weight excluding hydrogens is 428 g/mol. The molecule has 1 aliphatic heterocycles. The molecule has 34 heavy (non-hydrogen) atoms. The van der Waals surface area contributed by atoms with Crippen molar-refractivity contribution in [2.24, 2.45) is 10.1 Å². The molecule has 1 heterocycles. The Morgan fingerprint density at radius 3 is 2.62 bits per heavy atom. The molecule has 1 N–H and O–H groups in total. The van der Waals surface area contributed by atoms with Crippen LogP contribution in [0.25, 0.3) is 5.57 Å². The molecule has 0 unspecified atom stereocenters. The predicted octanol–water partition coefficient (Wildman–Crippen LogP) is 4.17. The first-order chi connectivity index (χ1) is 16.6. The zero-order valence-corrected chi connectivity index (χ0v) is 20.0. The number of hydrogen-bond donors (Lipinski definition) is 1. The van der Waals surface area contributed by atoms with E-state index >= 15 is 0 Å². The molecule has 0 bridgehead atoms. The Balaban J connectivity index is 1.68. The second-order valence-corrected chi connectivity index (χ2v) is 7.64. The Bertz CT molecular complexity index is 1080. The lowest BCUT2D eigenvalue weighted by molar-refractivity contribution is 0.0303. The Morgan fingerprint density at radius 2 is 1.85 bits per heavy atom. The van der Waals surface area contributed by atoms with Crippen LogP contribution in [0.2, 0.25) is 0 Å². The number of carbonyl (C=O) groups is 1. The molecule has 0 aromatic heterocycles. The molecule has 2 aromatic rings. The van der Waals surface area contributed by atoms with Crippen molar-refractivity contribution in [3.05, 3.63) is 83.6 Å². The maximum Gasteiger partial charge on any atom is 0.254 e. The van der Waals surface area contributed by atoms with Crippen LogP contribution in [0, 0.1) is 0 Å². The number of allylic oxidation sites excluding steroid dienone is 3. The van der Waals surface area contributed by atoms with Crippen molar-refractivity contribution >= 4 is 23.4 Å². The second-order valence-electron chi connectivity index (χ2n) is 7.64. The van der Waals surface area contributed by atoms with E-state index < -0.39 is 0 Å². The zero-order valence-electron chi connectivity index (χ0n) is 20.0. The minimum Gasteiger partial charge on any atom is -0.494 e.